The Morgan fingerprint density at radius 1 is 1.32 bits per heavy atom. The molecular weight excluding hydrogens is 322 g/mol. The Kier molecular flexibility index (Phi) is 3.38. The summed E-state index contributed by atoms with van der Waals surface area (Å²) >= 11 is 0. The van der Waals surface area contributed by atoms with Crippen LogP contribution in [0.5, 0.6) is 5.75 Å². The van der Waals surface area contributed by atoms with Crippen LogP contribution in [-0.4, -0.2) is 21.6 Å². The SMILES string of the molecule is CC12CC(NC(=O)N1Cc1ccccc1)c1cc([N+](=O)[O-])ccc1O2. The summed E-state index contributed by atoms with van der Waals surface area (Å²) in [6.07, 6.45) is 0.528. The van der Waals surface area contributed by atoms with Gasteiger partial charge in [-0.05, 0) is 18.6 Å². The molecule has 0 radical (unpaired) electrons. The van der Waals surface area contributed by atoms with Gasteiger partial charge in [0, 0.05) is 24.1 Å². The molecule has 7 heteroatoms. The molecule has 0 spiro atoms. The van der Waals surface area contributed by atoms with Crippen LogP contribution in [-0.2, 0) is 6.54 Å². The van der Waals surface area contributed by atoms with Crippen LogP contribution < -0.4 is 10.1 Å². The summed E-state index contributed by atoms with van der Waals surface area (Å²) in [5.41, 5.74) is 0.855. The predicted octanol–water partition coefficient (Wildman–Crippen LogP) is 3.36. The molecule has 0 saturated carbocycles. The molecule has 2 aromatic carbocycles. The van der Waals surface area contributed by atoms with E-state index in [-0.39, 0.29) is 17.8 Å². The maximum absolute atomic E-state index is 12.6. The van der Waals surface area contributed by atoms with E-state index in [4.69, 9.17) is 4.74 Å². The first-order valence-electron chi connectivity index (χ1n) is 8.06. The van der Waals surface area contributed by atoms with Gasteiger partial charge in [0.05, 0.1) is 17.5 Å². The van der Waals surface area contributed by atoms with E-state index in [9.17, 15) is 14.9 Å². The van der Waals surface area contributed by atoms with Crippen LogP contribution in [0.25, 0.3) is 0 Å². The Hall–Kier alpha value is -3.09. The smallest absolute Gasteiger partial charge is 0.321 e. The first kappa shape index (κ1) is 15.4. The molecule has 2 heterocycles. The fraction of sp³-hybridized carbons (Fsp3) is 0.278. The predicted molar refractivity (Wildman–Crippen MR) is 90.0 cm³/mol. The number of carbonyl (C=O) groups excluding carboxylic acids is 1. The number of nitro benzene ring substituents is 1. The summed E-state index contributed by atoms with van der Waals surface area (Å²) in [5.74, 6) is 0.572. The van der Waals surface area contributed by atoms with Crippen LogP contribution in [0, 0.1) is 10.1 Å². The summed E-state index contributed by atoms with van der Waals surface area (Å²) in [5, 5.41) is 14.0. The number of hydrogen-bond donors (Lipinski definition) is 1. The topological polar surface area (TPSA) is 84.7 Å². The molecule has 0 aromatic heterocycles. The highest BCUT2D eigenvalue weighted by molar-refractivity contribution is 5.77. The van der Waals surface area contributed by atoms with Crippen molar-refractivity contribution in [3.8, 4) is 5.75 Å². The molecular formula is C18H17N3O4. The zero-order valence-corrected chi connectivity index (χ0v) is 13.6. The average Bonchev–Trinajstić information content (AvgIpc) is 2.59. The van der Waals surface area contributed by atoms with Gasteiger partial charge in [-0.15, -0.1) is 0 Å². The van der Waals surface area contributed by atoms with Crippen LogP contribution in [0.15, 0.2) is 48.5 Å². The van der Waals surface area contributed by atoms with Gasteiger partial charge in [0.15, 0.2) is 5.72 Å². The van der Waals surface area contributed by atoms with Gasteiger partial charge in [0.2, 0.25) is 0 Å². The van der Waals surface area contributed by atoms with Crippen molar-refractivity contribution in [3.05, 3.63) is 69.8 Å². The summed E-state index contributed by atoms with van der Waals surface area (Å²) in [4.78, 5) is 24.9. The van der Waals surface area contributed by atoms with Crippen molar-refractivity contribution in [2.45, 2.75) is 31.7 Å². The zero-order chi connectivity index (χ0) is 17.6. The van der Waals surface area contributed by atoms with Crippen molar-refractivity contribution in [1.82, 2.24) is 10.2 Å². The molecule has 1 N–H and O–H groups in total. The molecule has 128 valence electrons. The minimum absolute atomic E-state index is 0.00748. The lowest BCUT2D eigenvalue weighted by atomic mass is 9.90. The van der Waals surface area contributed by atoms with Crippen LogP contribution in [0.2, 0.25) is 0 Å². The van der Waals surface area contributed by atoms with E-state index in [0.29, 0.717) is 24.3 Å². The number of carbonyl (C=O) groups is 1. The third kappa shape index (κ3) is 2.57. The first-order chi connectivity index (χ1) is 12.0. The van der Waals surface area contributed by atoms with Gasteiger partial charge in [-0.1, -0.05) is 30.3 Å². The van der Waals surface area contributed by atoms with Crippen molar-refractivity contribution >= 4 is 11.7 Å². The Labute approximate surface area is 144 Å². The van der Waals surface area contributed by atoms with E-state index >= 15 is 0 Å². The maximum Gasteiger partial charge on any atom is 0.321 e. The summed E-state index contributed by atoms with van der Waals surface area (Å²) in [6, 6.07) is 13.7. The number of benzene rings is 2. The van der Waals surface area contributed by atoms with Gasteiger partial charge in [-0.3, -0.25) is 15.0 Å². The minimum Gasteiger partial charge on any atom is -0.468 e. The van der Waals surface area contributed by atoms with E-state index in [2.05, 4.69) is 5.32 Å². The van der Waals surface area contributed by atoms with E-state index in [1.165, 1.54) is 12.1 Å². The zero-order valence-electron chi connectivity index (χ0n) is 13.6. The van der Waals surface area contributed by atoms with Crippen molar-refractivity contribution in [1.29, 1.82) is 0 Å². The van der Waals surface area contributed by atoms with Gasteiger partial charge >= 0.3 is 6.03 Å². The summed E-state index contributed by atoms with van der Waals surface area (Å²) in [6.45, 7) is 2.31. The average molecular weight is 339 g/mol. The lowest BCUT2D eigenvalue weighted by Crippen LogP contribution is -2.64. The molecule has 2 amide bonds. The van der Waals surface area contributed by atoms with Crippen LogP contribution in [0.4, 0.5) is 10.5 Å². The molecule has 2 aliphatic heterocycles. The molecule has 2 atom stereocenters. The van der Waals surface area contributed by atoms with Crippen molar-refractivity contribution in [2.24, 2.45) is 0 Å². The second kappa shape index (κ2) is 5.47. The van der Waals surface area contributed by atoms with Crippen molar-refractivity contribution < 1.29 is 14.5 Å². The molecule has 2 aliphatic rings. The fourth-order valence-corrected chi connectivity index (χ4v) is 3.52. The van der Waals surface area contributed by atoms with E-state index in [1.807, 2.05) is 37.3 Å². The third-order valence-corrected chi connectivity index (χ3v) is 4.79. The van der Waals surface area contributed by atoms with E-state index < -0.39 is 10.6 Å². The van der Waals surface area contributed by atoms with Gasteiger partial charge in [0.25, 0.3) is 5.69 Å². The summed E-state index contributed by atoms with van der Waals surface area (Å²) < 4.78 is 6.12. The normalized spacial score (nSPS) is 24.1. The molecule has 4 rings (SSSR count). The number of nitrogens with zero attached hydrogens (tertiary/aromatic N) is 2. The first-order valence-corrected chi connectivity index (χ1v) is 8.06. The molecule has 7 nitrogen and oxygen atoms in total. The van der Waals surface area contributed by atoms with Gasteiger partial charge in [0.1, 0.15) is 5.75 Å². The quantitative estimate of drug-likeness (QED) is 0.686. The number of rotatable bonds is 3. The lowest BCUT2D eigenvalue weighted by molar-refractivity contribution is -0.385. The number of hydrogen-bond acceptors (Lipinski definition) is 4. The van der Waals surface area contributed by atoms with Gasteiger partial charge in [-0.25, -0.2) is 4.79 Å². The Morgan fingerprint density at radius 3 is 2.80 bits per heavy atom. The van der Waals surface area contributed by atoms with Crippen molar-refractivity contribution in [2.75, 3.05) is 0 Å². The van der Waals surface area contributed by atoms with Crippen molar-refractivity contribution in [3.63, 3.8) is 0 Å². The largest absolute Gasteiger partial charge is 0.468 e. The third-order valence-electron chi connectivity index (χ3n) is 4.79. The lowest BCUT2D eigenvalue weighted by Gasteiger charge is -2.50. The highest BCUT2D eigenvalue weighted by Gasteiger charge is 2.49. The number of non-ortho nitro benzene ring substituents is 1. The fourth-order valence-electron chi connectivity index (χ4n) is 3.52. The van der Waals surface area contributed by atoms with Crippen LogP contribution in [0.3, 0.4) is 0 Å². The van der Waals surface area contributed by atoms with Crippen LogP contribution >= 0.6 is 0 Å². The minimum atomic E-state index is -0.800. The highest BCUT2D eigenvalue weighted by atomic mass is 16.6. The molecule has 1 fully saturated rings. The van der Waals surface area contributed by atoms with Crippen LogP contribution in [0.1, 0.15) is 30.5 Å². The molecule has 25 heavy (non-hydrogen) atoms. The highest BCUT2D eigenvalue weighted by Crippen LogP contribution is 2.45. The standard InChI is InChI=1S/C18H17N3O4/c1-18-10-15(14-9-13(21(23)24)7-8-16(14)25-18)19-17(22)20(18)11-12-5-3-2-4-6-12/h2-9,15H,10-11H2,1H3,(H,19,22). The number of nitrogens with one attached hydrogen (secondary N) is 1. The number of ether oxygens (including phenoxy) is 1. The molecule has 2 bridgehead atoms. The van der Waals surface area contributed by atoms with E-state index in [0.717, 1.165) is 5.56 Å². The van der Waals surface area contributed by atoms with Gasteiger partial charge < -0.3 is 10.1 Å². The monoisotopic (exact) mass is 339 g/mol. The Morgan fingerprint density at radius 2 is 2.08 bits per heavy atom. The summed E-state index contributed by atoms with van der Waals surface area (Å²) in [7, 11) is 0. The second-order valence-corrected chi connectivity index (χ2v) is 6.53. The Balaban J connectivity index is 1.69. The van der Waals surface area contributed by atoms with Gasteiger partial charge in [-0.2, -0.15) is 0 Å². The number of nitro groups is 1. The number of fused-ring (bicyclic) bond motifs is 4. The molecule has 2 unspecified atom stereocenters. The number of urea groups is 1. The maximum atomic E-state index is 12.6. The van der Waals surface area contributed by atoms with E-state index in [1.54, 1.807) is 11.0 Å². The molecule has 1 saturated heterocycles. The molecule has 2 aromatic rings. The second-order valence-electron chi connectivity index (χ2n) is 6.53. The molecule has 0 aliphatic carbocycles. The number of amides is 2. The Bertz CT molecular complexity index is 855.